The van der Waals surface area contributed by atoms with Gasteiger partial charge in [-0.15, -0.1) is 11.8 Å². The Hall–Kier alpha value is -3.98. The summed E-state index contributed by atoms with van der Waals surface area (Å²) in [6, 6.07) is 17.0. The molecule has 2 aliphatic rings. The number of urea groups is 1. The molecule has 1 aliphatic carbocycles. The SMILES string of the molecule is CSc1cc(C(=O)NCc2cc3nc(-c4cccc(N5CC6(CC6)NC5=O)n4)ccc3cn2)ccc1C. The van der Waals surface area contributed by atoms with Gasteiger partial charge in [-0.05, 0) is 74.0 Å². The number of hydrogen-bond acceptors (Lipinski definition) is 6. The minimum Gasteiger partial charge on any atom is -0.346 e. The lowest BCUT2D eigenvalue weighted by Gasteiger charge is -2.14. The average Bonchev–Trinajstić information content (AvgIpc) is 3.60. The van der Waals surface area contributed by atoms with Gasteiger partial charge in [-0.2, -0.15) is 0 Å². The predicted octanol–water partition coefficient (Wildman–Crippen LogP) is 4.71. The molecule has 1 aliphatic heterocycles. The van der Waals surface area contributed by atoms with Crippen molar-refractivity contribution < 1.29 is 9.59 Å². The Balaban J connectivity index is 1.21. The van der Waals surface area contributed by atoms with Crippen molar-refractivity contribution in [3.63, 3.8) is 0 Å². The second-order valence-electron chi connectivity index (χ2n) is 9.61. The molecule has 0 radical (unpaired) electrons. The van der Waals surface area contributed by atoms with Crippen molar-refractivity contribution in [2.45, 2.75) is 36.7 Å². The van der Waals surface area contributed by atoms with Crippen molar-refractivity contribution >= 4 is 40.4 Å². The van der Waals surface area contributed by atoms with E-state index in [0.717, 1.165) is 34.2 Å². The van der Waals surface area contributed by atoms with E-state index in [1.54, 1.807) is 22.9 Å². The van der Waals surface area contributed by atoms with Crippen LogP contribution in [0.5, 0.6) is 0 Å². The van der Waals surface area contributed by atoms with Gasteiger partial charge in [0, 0.05) is 22.0 Å². The standard InChI is InChI=1S/C28H26N6O2S/c1-17-6-7-18(12-24(17)37-2)26(35)30-15-20-13-23-19(14-29-20)8-9-22(31-23)21-4-3-5-25(32-21)34-16-28(10-11-28)33-27(34)36/h3-9,12-14H,10-11,15-16H2,1-2H3,(H,30,35)(H,33,36). The summed E-state index contributed by atoms with van der Waals surface area (Å²) in [6.07, 6.45) is 5.80. The van der Waals surface area contributed by atoms with Crippen molar-refractivity contribution in [1.82, 2.24) is 25.6 Å². The third kappa shape index (κ3) is 4.62. The van der Waals surface area contributed by atoms with Gasteiger partial charge in [0.25, 0.3) is 5.91 Å². The number of nitrogens with zero attached hydrogens (tertiary/aromatic N) is 4. The van der Waals surface area contributed by atoms with Crippen LogP contribution in [0.15, 0.2) is 65.7 Å². The minimum absolute atomic E-state index is 0.0640. The largest absolute Gasteiger partial charge is 0.346 e. The minimum atomic E-state index is -0.140. The Bertz CT molecular complexity index is 1550. The van der Waals surface area contributed by atoms with E-state index in [1.807, 2.05) is 67.8 Å². The zero-order chi connectivity index (χ0) is 25.6. The Morgan fingerprint density at radius 3 is 2.73 bits per heavy atom. The highest BCUT2D eigenvalue weighted by atomic mass is 32.2. The first-order chi connectivity index (χ1) is 17.9. The Labute approximate surface area is 218 Å². The highest BCUT2D eigenvalue weighted by molar-refractivity contribution is 7.98. The highest BCUT2D eigenvalue weighted by Crippen LogP contribution is 2.40. The van der Waals surface area contributed by atoms with Crippen LogP contribution in [0.3, 0.4) is 0 Å². The number of thioether (sulfide) groups is 1. The Kier molecular flexibility index (Phi) is 5.79. The number of nitrogens with one attached hydrogen (secondary N) is 2. The van der Waals surface area contributed by atoms with Gasteiger partial charge in [-0.25, -0.2) is 14.8 Å². The number of hydrogen-bond donors (Lipinski definition) is 2. The number of fused-ring (bicyclic) bond motifs is 1. The molecular weight excluding hydrogens is 484 g/mol. The summed E-state index contributed by atoms with van der Waals surface area (Å²) >= 11 is 1.62. The summed E-state index contributed by atoms with van der Waals surface area (Å²) in [5, 5.41) is 6.93. The van der Waals surface area contributed by atoms with Crippen LogP contribution in [0.2, 0.25) is 0 Å². The van der Waals surface area contributed by atoms with Crippen LogP contribution in [-0.2, 0) is 6.54 Å². The molecule has 3 amide bonds. The van der Waals surface area contributed by atoms with Crippen molar-refractivity contribution in [2.75, 3.05) is 17.7 Å². The van der Waals surface area contributed by atoms with Crippen molar-refractivity contribution in [1.29, 1.82) is 0 Å². The van der Waals surface area contributed by atoms with Gasteiger partial charge in [0.15, 0.2) is 0 Å². The van der Waals surface area contributed by atoms with Gasteiger partial charge in [0.05, 0.1) is 41.2 Å². The summed E-state index contributed by atoms with van der Waals surface area (Å²) in [5.74, 6) is 0.485. The number of amides is 3. The molecule has 4 heterocycles. The topological polar surface area (TPSA) is 100 Å². The molecule has 6 rings (SSSR count). The Morgan fingerprint density at radius 1 is 1.11 bits per heavy atom. The van der Waals surface area contributed by atoms with Crippen molar-refractivity contribution in [2.24, 2.45) is 0 Å². The van der Waals surface area contributed by atoms with E-state index in [0.29, 0.717) is 41.6 Å². The van der Waals surface area contributed by atoms with Crippen LogP contribution >= 0.6 is 11.8 Å². The summed E-state index contributed by atoms with van der Waals surface area (Å²) in [4.78, 5) is 42.0. The van der Waals surface area contributed by atoms with Crippen LogP contribution in [0.4, 0.5) is 10.6 Å². The molecule has 3 aromatic heterocycles. The normalized spacial score (nSPS) is 15.7. The van der Waals surface area contributed by atoms with Gasteiger partial charge < -0.3 is 10.6 Å². The molecule has 1 spiro atoms. The zero-order valence-corrected chi connectivity index (χ0v) is 21.4. The second kappa shape index (κ2) is 9.15. The maximum Gasteiger partial charge on any atom is 0.323 e. The molecule has 0 bridgehead atoms. The lowest BCUT2D eigenvalue weighted by atomic mass is 10.1. The smallest absolute Gasteiger partial charge is 0.323 e. The van der Waals surface area contributed by atoms with Crippen LogP contribution < -0.4 is 15.5 Å². The number of anilines is 1. The number of pyridine rings is 3. The third-order valence-corrected chi connectivity index (χ3v) is 7.82. The van der Waals surface area contributed by atoms with E-state index in [2.05, 4.69) is 15.6 Å². The fourth-order valence-electron chi connectivity index (χ4n) is 4.58. The van der Waals surface area contributed by atoms with Crippen molar-refractivity contribution in [3.8, 4) is 11.4 Å². The molecule has 1 saturated heterocycles. The third-order valence-electron chi connectivity index (χ3n) is 6.94. The second-order valence-corrected chi connectivity index (χ2v) is 10.5. The molecular formula is C28H26N6O2S. The van der Waals surface area contributed by atoms with E-state index in [4.69, 9.17) is 9.97 Å². The number of aryl methyl sites for hydroxylation is 1. The number of aromatic nitrogens is 3. The van der Waals surface area contributed by atoms with Gasteiger partial charge in [0.2, 0.25) is 0 Å². The molecule has 1 saturated carbocycles. The van der Waals surface area contributed by atoms with Crippen LogP contribution in [0.25, 0.3) is 22.3 Å². The van der Waals surface area contributed by atoms with E-state index in [9.17, 15) is 9.59 Å². The molecule has 0 atom stereocenters. The Morgan fingerprint density at radius 2 is 1.95 bits per heavy atom. The number of carbonyl (C=O) groups excluding carboxylic acids is 2. The van der Waals surface area contributed by atoms with E-state index in [-0.39, 0.29) is 17.5 Å². The summed E-state index contributed by atoms with van der Waals surface area (Å²) in [5.41, 5.74) is 4.60. The van der Waals surface area contributed by atoms with Crippen LogP contribution in [0.1, 0.15) is 34.5 Å². The molecule has 37 heavy (non-hydrogen) atoms. The lowest BCUT2D eigenvalue weighted by molar-refractivity contribution is 0.0950. The summed E-state index contributed by atoms with van der Waals surface area (Å²) < 4.78 is 0. The van der Waals surface area contributed by atoms with Crippen LogP contribution in [0, 0.1) is 6.92 Å². The van der Waals surface area contributed by atoms with E-state index < -0.39 is 0 Å². The highest BCUT2D eigenvalue weighted by Gasteiger charge is 2.52. The molecule has 186 valence electrons. The number of carbonyl (C=O) groups is 2. The van der Waals surface area contributed by atoms with Gasteiger partial charge in [-0.3, -0.25) is 14.7 Å². The predicted molar refractivity (Wildman–Crippen MR) is 145 cm³/mol. The molecule has 2 fully saturated rings. The van der Waals surface area contributed by atoms with Gasteiger partial charge in [0.1, 0.15) is 5.82 Å². The summed E-state index contributed by atoms with van der Waals surface area (Å²) in [7, 11) is 0. The first-order valence-electron chi connectivity index (χ1n) is 12.2. The molecule has 1 aromatic carbocycles. The van der Waals surface area contributed by atoms with E-state index >= 15 is 0 Å². The molecule has 8 nitrogen and oxygen atoms in total. The molecule has 9 heteroatoms. The maximum absolute atomic E-state index is 12.7. The van der Waals surface area contributed by atoms with Gasteiger partial charge in [-0.1, -0.05) is 12.1 Å². The van der Waals surface area contributed by atoms with Gasteiger partial charge >= 0.3 is 6.03 Å². The summed E-state index contributed by atoms with van der Waals surface area (Å²) in [6.45, 7) is 2.98. The number of rotatable bonds is 6. The first-order valence-corrected chi connectivity index (χ1v) is 13.4. The quantitative estimate of drug-likeness (QED) is 0.364. The molecule has 2 N–H and O–H groups in total. The fraction of sp³-hybridized carbons (Fsp3) is 0.250. The zero-order valence-electron chi connectivity index (χ0n) is 20.6. The van der Waals surface area contributed by atoms with E-state index in [1.165, 1.54) is 0 Å². The lowest BCUT2D eigenvalue weighted by Crippen LogP contribution is -2.29. The van der Waals surface area contributed by atoms with Crippen LogP contribution in [-0.4, -0.2) is 45.2 Å². The molecule has 0 unspecified atom stereocenters. The fourth-order valence-corrected chi connectivity index (χ4v) is 5.21. The maximum atomic E-state index is 12.7. The average molecular weight is 511 g/mol. The van der Waals surface area contributed by atoms with Crippen molar-refractivity contribution in [3.05, 3.63) is 77.6 Å². The first kappa shape index (κ1) is 23.4. The molecule has 4 aromatic rings. The number of benzene rings is 1. The monoisotopic (exact) mass is 510 g/mol.